The van der Waals surface area contributed by atoms with Crippen LogP contribution >= 0.6 is 11.8 Å². The molecule has 0 spiro atoms. The first-order valence-electron chi connectivity index (χ1n) is 9.48. The first-order chi connectivity index (χ1) is 14.4. The van der Waals surface area contributed by atoms with Crippen molar-refractivity contribution < 1.29 is 13.6 Å². The lowest BCUT2D eigenvalue weighted by Gasteiger charge is -2.30. The van der Waals surface area contributed by atoms with Gasteiger partial charge in [-0.25, -0.2) is 9.37 Å². The number of anilines is 1. The summed E-state index contributed by atoms with van der Waals surface area (Å²) in [7, 11) is 0. The number of thioether (sulfide) groups is 1. The molecule has 3 N–H and O–H groups in total. The lowest BCUT2D eigenvalue weighted by molar-refractivity contribution is 0.102. The first kappa shape index (κ1) is 20.2. The van der Waals surface area contributed by atoms with E-state index >= 15 is 0 Å². The Labute approximate surface area is 177 Å². The van der Waals surface area contributed by atoms with Gasteiger partial charge in [-0.2, -0.15) is 0 Å². The van der Waals surface area contributed by atoms with Gasteiger partial charge in [0.25, 0.3) is 5.91 Å². The van der Waals surface area contributed by atoms with Gasteiger partial charge in [0, 0.05) is 22.6 Å². The minimum atomic E-state index is -0.773. The second kappa shape index (κ2) is 7.95. The van der Waals surface area contributed by atoms with E-state index in [0.29, 0.717) is 34.5 Å². The Balaban J connectivity index is 1.60. The summed E-state index contributed by atoms with van der Waals surface area (Å²) in [5.74, 6) is 0.714. The minimum absolute atomic E-state index is 0.183. The number of hydrogen-bond donors (Lipinski definition) is 2. The van der Waals surface area contributed by atoms with Crippen LogP contribution in [0.1, 0.15) is 35.2 Å². The summed E-state index contributed by atoms with van der Waals surface area (Å²) < 4.78 is 20.2. The third-order valence-corrected chi connectivity index (χ3v) is 5.83. The fourth-order valence-electron chi connectivity index (χ4n) is 3.40. The van der Waals surface area contributed by atoms with Crippen molar-refractivity contribution in [2.45, 2.75) is 25.8 Å². The summed E-state index contributed by atoms with van der Waals surface area (Å²) in [6.07, 6.45) is 0.648. The van der Waals surface area contributed by atoms with Gasteiger partial charge in [0.15, 0.2) is 10.9 Å². The van der Waals surface area contributed by atoms with Crippen molar-refractivity contribution in [1.29, 1.82) is 0 Å². The van der Waals surface area contributed by atoms with Crippen LogP contribution in [0.2, 0.25) is 0 Å². The second-order valence-corrected chi connectivity index (χ2v) is 8.38. The Morgan fingerprint density at radius 2 is 2.03 bits per heavy atom. The Hall–Kier alpha value is -3.13. The topological polar surface area (TPSA) is 93.5 Å². The van der Waals surface area contributed by atoms with Crippen LogP contribution in [0, 0.1) is 12.7 Å². The van der Waals surface area contributed by atoms with Crippen LogP contribution in [0.25, 0.3) is 11.5 Å². The highest BCUT2D eigenvalue weighted by Gasteiger charge is 2.32. The Morgan fingerprint density at radius 3 is 2.77 bits per heavy atom. The van der Waals surface area contributed by atoms with Crippen LogP contribution in [-0.4, -0.2) is 21.8 Å². The molecule has 1 aromatic heterocycles. The van der Waals surface area contributed by atoms with E-state index in [0.717, 1.165) is 11.3 Å². The van der Waals surface area contributed by atoms with Crippen molar-refractivity contribution in [3.63, 3.8) is 0 Å². The molecular formula is C22H21FN4O2S. The van der Waals surface area contributed by atoms with Crippen molar-refractivity contribution in [2.24, 2.45) is 10.7 Å². The predicted octanol–water partition coefficient (Wildman–Crippen LogP) is 4.71. The molecular weight excluding hydrogens is 403 g/mol. The summed E-state index contributed by atoms with van der Waals surface area (Å²) in [5, 5.41) is 3.22. The number of carbonyl (C=O) groups is 1. The van der Waals surface area contributed by atoms with Gasteiger partial charge in [0.1, 0.15) is 11.6 Å². The third kappa shape index (κ3) is 3.95. The number of nitrogens with two attached hydrogens (primary N) is 1. The van der Waals surface area contributed by atoms with Gasteiger partial charge in [0.05, 0.1) is 5.54 Å². The molecule has 2 heterocycles. The van der Waals surface area contributed by atoms with Crippen LogP contribution in [0.4, 0.5) is 10.1 Å². The summed E-state index contributed by atoms with van der Waals surface area (Å²) in [4.78, 5) is 21.6. The lowest BCUT2D eigenvalue weighted by Crippen LogP contribution is -2.29. The molecule has 1 amide bonds. The molecule has 0 aliphatic carbocycles. The number of nitrogens with one attached hydrogen (secondary N) is 1. The molecule has 1 atom stereocenters. The molecule has 0 bridgehead atoms. The van der Waals surface area contributed by atoms with Crippen molar-refractivity contribution >= 4 is 28.5 Å². The van der Waals surface area contributed by atoms with Crippen LogP contribution in [-0.2, 0) is 5.54 Å². The number of oxazole rings is 1. The normalized spacial score (nSPS) is 18.7. The monoisotopic (exact) mass is 424 g/mol. The summed E-state index contributed by atoms with van der Waals surface area (Å²) in [6.45, 7) is 3.53. The van der Waals surface area contributed by atoms with Crippen LogP contribution in [0.3, 0.4) is 0 Å². The molecule has 3 aromatic rings. The number of nitrogens with zero attached hydrogens (tertiary/aromatic N) is 2. The molecule has 0 fully saturated rings. The number of amides is 1. The average Bonchev–Trinajstić information content (AvgIpc) is 3.12. The van der Waals surface area contributed by atoms with E-state index in [2.05, 4.69) is 15.3 Å². The molecule has 1 aliphatic heterocycles. The number of rotatable bonds is 4. The van der Waals surface area contributed by atoms with E-state index in [1.165, 1.54) is 23.9 Å². The molecule has 154 valence electrons. The molecule has 0 saturated carbocycles. The van der Waals surface area contributed by atoms with Gasteiger partial charge < -0.3 is 15.5 Å². The molecule has 1 aliphatic rings. The highest BCUT2D eigenvalue weighted by Crippen LogP contribution is 2.37. The summed E-state index contributed by atoms with van der Waals surface area (Å²) in [5.41, 5.74) is 6.90. The highest BCUT2D eigenvalue weighted by atomic mass is 32.2. The maximum atomic E-state index is 14.6. The minimum Gasteiger partial charge on any atom is -0.441 e. The van der Waals surface area contributed by atoms with Gasteiger partial charge >= 0.3 is 0 Å². The SMILES string of the molecule is Cc1oc(-c2ccccc2)nc1C(=O)Nc1ccc(F)c(C2(C)CCSC(N)=N2)c1. The number of hydrogen-bond acceptors (Lipinski definition) is 6. The van der Waals surface area contributed by atoms with E-state index in [-0.39, 0.29) is 11.5 Å². The maximum absolute atomic E-state index is 14.6. The largest absolute Gasteiger partial charge is 0.441 e. The number of benzene rings is 2. The number of amidine groups is 1. The van der Waals surface area contributed by atoms with E-state index in [4.69, 9.17) is 10.2 Å². The number of aromatic nitrogens is 1. The standard InChI is InChI=1S/C22H21FN4O2S/c1-13-18(26-20(29-13)14-6-4-3-5-7-14)19(28)25-15-8-9-17(23)16(12-15)22(2)10-11-30-21(24)27-22/h3-9,12H,10-11H2,1-2H3,(H2,24,27)(H,25,28). The summed E-state index contributed by atoms with van der Waals surface area (Å²) in [6, 6.07) is 13.8. The van der Waals surface area contributed by atoms with Crippen LogP contribution in [0.15, 0.2) is 57.9 Å². The first-order valence-corrected chi connectivity index (χ1v) is 10.5. The van der Waals surface area contributed by atoms with Crippen molar-refractivity contribution in [3.8, 4) is 11.5 Å². The van der Waals surface area contributed by atoms with Gasteiger partial charge in [-0.05, 0) is 50.6 Å². The zero-order valence-electron chi connectivity index (χ0n) is 16.6. The Kier molecular flexibility index (Phi) is 5.34. The van der Waals surface area contributed by atoms with E-state index < -0.39 is 11.4 Å². The van der Waals surface area contributed by atoms with E-state index in [1.54, 1.807) is 13.0 Å². The van der Waals surface area contributed by atoms with E-state index in [1.807, 2.05) is 37.3 Å². The highest BCUT2D eigenvalue weighted by molar-refractivity contribution is 8.13. The van der Waals surface area contributed by atoms with Crippen molar-refractivity contribution in [1.82, 2.24) is 4.98 Å². The molecule has 0 saturated heterocycles. The number of aryl methyl sites for hydroxylation is 1. The molecule has 1 unspecified atom stereocenters. The fraction of sp³-hybridized carbons (Fsp3) is 0.227. The Bertz CT molecular complexity index is 1130. The number of carbonyl (C=O) groups excluding carboxylic acids is 1. The zero-order valence-corrected chi connectivity index (χ0v) is 17.4. The molecule has 6 nitrogen and oxygen atoms in total. The van der Waals surface area contributed by atoms with Gasteiger partial charge in [0.2, 0.25) is 5.89 Å². The third-order valence-electron chi connectivity index (χ3n) is 5.03. The zero-order chi connectivity index (χ0) is 21.3. The molecule has 8 heteroatoms. The van der Waals surface area contributed by atoms with E-state index in [9.17, 15) is 9.18 Å². The molecule has 30 heavy (non-hydrogen) atoms. The smallest absolute Gasteiger partial charge is 0.277 e. The molecule has 4 rings (SSSR count). The van der Waals surface area contributed by atoms with Gasteiger partial charge in [-0.15, -0.1) is 0 Å². The summed E-state index contributed by atoms with van der Waals surface area (Å²) >= 11 is 1.45. The van der Waals surface area contributed by atoms with Gasteiger partial charge in [-0.1, -0.05) is 30.0 Å². The second-order valence-electron chi connectivity index (χ2n) is 7.26. The van der Waals surface area contributed by atoms with Gasteiger partial charge in [-0.3, -0.25) is 9.79 Å². The fourth-order valence-corrected chi connectivity index (χ4v) is 4.37. The lowest BCUT2D eigenvalue weighted by atomic mass is 9.89. The Morgan fingerprint density at radius 1 is 1.27 bits per heavy atom. The van der Waals surface area contributed by atoms with Crippen molar-refractivity contribution in [3.05, 3.63) is 71.4 Å². The van der Waals surface area contributed by atoms with Crippen molar-refractivity contribution in [2.75, 3.05) is 11.1 Å². The predicted molar refractivity (Wildman–Crippen MR) is 117 cm³/mol. The number of halogens is 1. The molecule has 0 radical (unpaired) electrons. The van der Waals surface area contributed by atoms with Crippen LogP contribution < -0.4 is 11.1 Å². The number of aliphatic imine (C=N–C) groups is 1. The maximum Gasteiger partial charge on any atom is 0.277 e. The molecule has 2 aromatic carbocycles. The average molecular weight is 425 g/mol. The van der Waals surface area contributed by atoms with Crippen LogP contribution in [0.5, 0.6) is 0 Å². The quantitative estimate of drug-likeness (QED) is 0.633.